The third-order valence-corrected chi connectivity index (χ3v) is 3.30. The second-order valence-corrected chi connectivity index (χ2v) is 4.77. The summed E-state index contributed by atoms with van der Waals surface area (Å²) in [5.74, 6) is 0. The van der Waals surface area contributed by atoms with E-state index in [1.807, 2.05) is 0 Å². The molecule has 1 aromatic carbocycles. The van der Waals surface area contributed by atoms with E-state index in [0.29, 0.717) is 10.7 Å². The van der Waals surface area contributed by atoms with Crippen LogP contribution in [0, 0.1) is 0 Å². The molecule has 0 aliphatic carbocycles. The van der Waals surface area contributed by atoms with Crippen LogP contribution in [-0.4, -0.2) is 30.5 Å². The molecule has 0 bridgehead atoms. The van der Waals surface area contributed by atoms with Crippen LogP contribution in [0.15, 0.2) is 66.3 Å². The largest absolute Gasteiger partial charge is 0.411 e. The number of nitrogens with zero attached hydrogens (tertiary/aromatic N) is 5. The Hall–Kier alpha value is -2.60. The molecule has 3 aromatic rings. The molecule has 2 heterocycles. The van der Waals surface area contributed by atoms with Crippen molar-refractivity contribution >= 4 is 17.3 Å². The molecular weight excluding hydrogens is 290 g/mol. The Morgan fingerprint density at radius 1 is 1.05 bits per heavy atom. The van der Waals surface area contributed by atoms with E-state index in [0.717, 1.165) is 5.56 Å². The summed E-state index contributed by atoms with van der Waals surface area (Å²) < 4.78 is 3.33. The molecule has 1 N–H and O–H groups in total. The van der Waals surface area contributed by atoms with Crippen LogP contribution >= 0.6 is 11.6 Å². The molecule has 0 saturated heterocycles. The third kappa shape index (κ3) is 2.66. The Morgan fingerprint density at radius 2 is 1.62 bits per heavy atom. The maximum absolute atomic E-state index is 9.49. The van der Waals surface area contributed by atoms with Gasteiger partial charge in [-0.1, -0.05) is 28.9 Å². The van der Waals surface area contributed by atoms with Crippen LogP contribution in [0.1, 0.15) is 11.7 Å². The molecule has 0 unspecified atom stereocenters. The molecule has 6 nitrogen and oxygen atoms in total. The van der Waals surface area contributed by atoms with Gasteiger partial charge in [0, 0.05) is 35.4 Å². The minimum atomic E-state index is -0.485. The lowest BCUT2D eigenvalue weighted by Gasteiger charge is -2.19. The average Bonchev–Trinajstić information content (AvgIpc) is 3.19. The summed E-state index contributed by atoms with van der Waals surface area (Å²) >= 11 is 5.90. The first-order valence-electron chi connectivity index (χ1n) is 6.26. The third-order valence-electron chi connectivity index (χ3n) is 3.04. The van der Waals surface area contributed by atoms with Crippen LogP contribution in [0.25, 0.3) is 0 Å². The van der Waals surface area contributed by atoms with Crippen molar-refractivity contribution in [3.63, 3.8) is 0 Å². The van der Waals surface area contributed by atoms with Crippen molar-refractivity contribution in [2.45, 2.75) is 6.17 Å². The lowest BCUT2D eigenvalue weighted by Crippen LogP contribution is -2.28. The van der Waals surface area contributed by atoms with E-state index in [1.54, 1.807) is 70.5 Å². The van der Waals surface area contributed by atoms with Crippen LogP contribution in [0.4, 0.5) is 0 Å². The molecule has 0 aliphatic rings. The number of halogens is 1. The number of hydrogen-bond acceptors (Lipinski definition) is 4. The maximum atomic E-state index is 9.49. The Kier molecular flexibility index (Phi) is 3.70. The van der Waals surface area contributed by atoms with Gasteiger partial charge in [-0.05, 0) is 24.3 Å². The topological polar surface area (TPSA) is 68.2 Å². The van der Waals surface area contributed by atoms with Crippen molar-refractivity contribution in [1.29, 1.82) is 0 Å². The molecule has 106 valence electrons. The van der Waals surface area contributed by atoms with Crippen molar-refractivity contribution in [3.8, 4) is 0 Å². The van der Waals surface area contributed by atoms with Crippen molar-refractivity contribution in [1.82, 2.24) is 19.6 Å². The Labute approximate surface area is 125 Å². The fraction of sp³-hybridized carbons (Fsp3) is 0.0714. The SMILES string of the molecule is ON=C(c1ccc(Cl)cc1)C(n1cccn1)n1cccn1. The lowest BCUT2D eigenvalue weighted by molar-refractivity contribution is 0.310. The molecule has 0 spiro atoms. The quantitative estimate of drug-likeness (QED) is 0.457. The van der Waals surface area contributed by atoms with Gasteiger partial charge in [0.2, 0.25) is 0 Å². The molecule has 3 rings (SSSR count). The zero-order chi connectivity index (χ0) is 14.7. The zero-order valence-electron chi connectivity index (χ0n) is 10.9. The van der Waals surface area contributed by atoms with E-state index >= 15 is 0 Å². The van der Waals surface area contributed by atoms with Crippen LogP contribution < -0.4 is 0 Å². The van der Waals surface area contributed by atoms with Crippen molar-refractivity contribution in [2.75, 3.05) is 0 Å². The monoisotopic (exact) mass is 301 g/mol. The van der Waals surface area contributed by atoms with Gasteiger partial charge in [0.25, 0.3) is 0 Å². The van der Waals surface area contributed by atoms with Gasteiger partial charge >= 0.3 is 0 Å². The highest BCUT2D eigenvalue weighted by Gasteiger charge is 2.23. The molecular formula is C14H12ClN5O. The molecule has 0 amide bonds. The van der Waals surface area contributed by atoms with Crippen LogP contribution in [0.2, 0.25) is 5.02 Å². The number of benzene rings is 1. The highest BCUT2D eigenvalue weighted by atomic mass is 35.5. The first-order chi connectivity index (χ1) is 10.3. The number of aromatic nitrogens is 4. The first kappa shape index (κ1) is 13.4. The number of rotatable bonds is 4. The molecule has 0 saturated carbocycles. The van der Waals surface area contributed by atoms with Gasteiger partial charge in [0.15, 0.2) is 6.17 Å². The number of oxime groups is 1. The van der Waals surface area contributed by atoms with Crippen LogP contribution in [0.5, 0.6) is 0 Å². The maximum Gasteiger partial charge on any atom is 0.189 e. The fourth-order valence-corrected chi connectivity index (χ4v) is 2.23. The fourth-order valence-electron chi connectivity index (χ4n) is 2.10. The summed E-state index contributed by atoms with van der Waals surface area (Å²) in [7, 11) is 0. The second kappa shape index (κ2) is 5.80. The molecule has 0 radical (unpaired) electrons. The van der Waals surface area contributed by atoms with E-state index in [1.165, 1.54) is 0 Å². The zero-order valence-corrected chi connectivity index (χ0v) is 11.7. The van der Waals surface area contributed by atoms with Gasteiger partial charge in [0.1, 0.15) is 5.71 Å². The predicted molar refractivity (Wildman–Crippen MR) is 78.7 cm³/mol. The van der Waals surface area contributed by atoms with Crippen molar-refractivity contribution < 1.29 is 5.21 Å². The Bertz CT molecular complexity index is 685. The van der Waals surface area contributed by atoms with E-state index in [9.17, 15) is 5.21 Å². The van der Waals surface area contributed by atoms with E-state index in [4.69, 9.17) is 11.6 Å². The van der Waals surface area contributed by atoms with E-state index in [-0.39, 0.29) is 0 Å². The van der Waals surface area contributed by atoms with Crippen LogP contribution in [0.3, 0.4) is 0 Å². The van der Waals surface area contributed by atoms with Gasteiger partial charge in [0.05, 0.1) is 0 Å². The Balaban J connectivity index is 2.08. The van der Waals surface area contributed by atoms with Crippen molar-refractivity contribution in [2.24, 2.45) is 5.16 Å². The standard InChI is InChI=1S/C14H12ClN5O/c15-12-5-3-11(4-6-12)13(18-21)14(19-9-1-7-16-19)20-10-2-8-17-20/h1-10,14,21H. The Morgan fingerprint density at radius 3 is 2.05 bits per heavy atom. The average molecular weight is 302 g/mol. The summed E-state index contributed by atoms with van der Waals surface area (Å²) in [6.45, 7) is 0. The minimum Gasteiger partial charge on any atom is -0.411 e. The molecule has 0 atom stereocenters. The molecule has 21 heavy (non-hydrogen) atoms. The number of hydrogen-bond donors (Lipinski definition) is 1. The van der Waals surface area contributed by atoms with E-state index in [2.05, 4.69) is 15.4 Å². The normalized spacial score (nSPS) is 12.0. The van der Waals surface area contributed by atoms with Gasteiger partial charge in [-0.25, -0.2) is 9.36 Å². The highest BCUT2D eigenvalue weighted by Crippen LogP contribution is 2.18. The summed E-state index contributed by atoms with van der Waals surface area (Å²) in [5, 5.41) is 22.0. The first-order valence-corrected chi connectivity index (χ1v) is 6.63. The van der Waals surface area contributed by atoms with E-state index < -0.39 is 6.17 Å². The molecule has 0 aliphatic heterocycles. The summed E-state index contributed by atoms with van der Waals surface area (Å²) in [6, 6.07) is 10.7. The van der Waals surface area contributed by atoms with Crippen molar-refractivity contribution in [3.05, 3.63) is 71.8 Å². The molecule has 7 heteroatoms. The highest BCUT2D eigenvalue weighted by molar-refractivity contribution is 6.30. The van der Waals surface area contributed by atoms with Crippen LogP contribution in [-0.2, 0) is 0 Å². The molecule has 0 fully saturated rings. The van der Waals surface area contributed by atoms with Gasteiger partial charge in [-0.2, -0.15) is 10.2 Å². The summed E-state index contributed by atoms with van der Waals surface area (Å²) in [6.07, 6.45) is 6.41. The summed E-state index contributed by atoms with van der Waals surface area (Å²) in [5.41, 5.74) is 1.15. The summed E-state index contributed by atoms with van der Waals surface area (Å²) in [4.78, 5) is 0. The predicted octanol–water partition coefficient (Wildman–Crippen LogP) is 2.66. The minimum absolute atomic E-state index is 0.416. The molecule has 2 aromatic heterocycles. The van der Waals surface area contributed by atoms with Gasteiger partial charge < -0.3 is 5.21 Å². The van der Waals surface area contributed by atoms with Gasteiger partial charge in [-0.15, -0.1) is 0 Å². The lowest BCUT2D eigenvalue weighted by atomic mass is 10.1. The second-order valence-electron chi connectivity index (χ2n) is 4.34. The van der Waals surface area contributed by atoms with Gasteiger partial charge in [-0.3, -0.25) is 0 Å². The smallest absolute Gasteiger partial charge is 0.189 e.